The minimum absolute atomic E-state index is 0.0891. The number of ether oxygens (including phenoxy) is 1. The van der Waals surface area contributed by atoms with Crippen molar-refractivity contribution in [1.29, 1.82) is 0 Å². The van der Waals surface area contributed by atoms with Gasteiger partial charge < -0.3 is 19.6 Å². The summed E-state index contributed by atoms with van der Waals surface area (Å²) in [7, 11) is 0. The number of amides is 1. The lowest BCUT2D eigenvalue weighted by Gasteiger charge is -2.16. The Morgan fingerprint density at radius 1 is 0.969 bits per heavy atom. The summed E-state index contributed by atoms with van der Waals surface area (Å²) in [5.41, 5.74) is 5.61. The summed E-state index contributed by atoms with van der Waals surface area (Å²) in [6.07, 6.45) is -0.885. The Balaban J connectivity index is 1.27. The van der Waals surface area contributed by atoms with Crippen molar-refractivity contribution < 1.29 is 23.8 Å². The first kappa shape index (κ1) is 19.8. The van der Waals surface area contributed by atoms with Crippen LogP contribution in [0.4, 0.5) is 4.79 Å². The lowest BCUT2D eigenvalue weighted by Crippen LogP contribution is -2.43. The van der Waals surface area contributed by atoms with Crippen LogP contribution in [0.15, 0.2) is 77.2 Å². The van der Waals surface area contributed by atoms with E-state index in [2.05, 4.69) is 22.4 Å². The van der Waals surface area contributed by atoms with E-state index in [9.17, 15) is 14.7 Å². The summed E-state index contributed by atoms with van der Waals surface area (Å²) >= 11 is 0. The molecule has 0 saturated heterocycles. The molecule has 5 rings (SSSR count). The molecule has 1 heterocycles. The molecule has 7 nitrogen and oxygen atoms in total. The molecular weight excluding hydrogens is 408 g/mol. The first-order valence-electron chi connectivity index (χ1n) is 10.3. The van der Waals surface area contributed by atoms with Gasteiger partial charge in [-0.25, -0.2) is 14.6 Å². The Bertz CT molecular complexity index is 1230. The van der Waals surface area contributed by atoms with Crippen molar-refractivity contribution in [2.75, 3.05) is 6.61 Å². The Morgan fingerprint density at radius 2 is 1.59 bits per heavy atom. The van der Waals surface area contributed by atoms with E-state index in [1.807, 2.05) is 42.5 Å². The van der Waals surface area contributed by atoms with Crippen LogP contribution in [-0.2, 0) is 16.0 Å². The first-order valence-corrected chi connectivity index (χ1v) is 10.3. The number of nitrogens with one attached hydrogen (secondary N) is 1. The van der Waals surface area contributed by atoms with E-state index in [4.69, 9.17) is 9.15 Å². The summed E-state index contributed by atoms with van der Waals surface area (Å²) in [6.45, 7) is 0.106. The SMILES string of the molecule is O=C(NC(Cc1nc2ccccc2o1)C(=O)O)OCC1c2ccccc2-c2ccccc21. The predicted octanol–water partition coefficient (Wildman–Crippen LogP) is 4.36. The summed E-state index contributed by atoms with van der Waals surface area (Å²) in [5.74, 6) is -1.06. The number of para-hydroxylation sites is 2. The Labute approximate surface area is 183 Å². The minimum atomic E-state index is -1.22. The number of oxazole rings is 1. The number of aliphatic carboxylic acids is 1. The maximum absolute atomic E-state index is 12.5. The van der Waals surface area contributed by atoms with Crippen LogP contribution in [0, 0.1) is 0 Å². The summed E-state index contributed by atoms with van der Waals surface area (Å²) in [4.78, 5) is 28.4. The van der Waals surface area contributed by atoms with Crippen LogP contribution in [0.1, 0.15) is 22.9 Å². The standard InChI is InChI=1S/C25H20N2O5/c28-24(29)21(13-23-26-20-11-5-6-12-22(20)32-23)27-25(30)31-14-19-17-9-3-1-7-15(17)16-8-2-4-10-18(16)19/h1-12,19,21H,13-14H2,(H,27,30)(H,28,29). The van der Waals surface area contributed by atoms with E-state index < -0.39 is 18.1 Å². The monoisotopic (exact) mass is 428 g/mol. The van der Waals surface area contributed by atoms with Crippen LogP contribution >= 0.6 is 0 Å². The van der Waals surface area contributed by atoms with E-state index in [-0.39, 0.29) is 24.8 Å². The number of fused-ring (bicyclic) bond motifs is 4. The Kier molecular flexibility index (Phi) is 5.07. The van der Waals surface area contributed by atoms with Crippen molar-refractivity contribution in [3.8, 4) is 11.1 Å². The van der Waals surface area contributed by atoms with E-state index in [1.54, 1.807) is 18.2 Å². The van der Waals surface area contributed by atoms with Gasteiger partial charge in [0.25, 0.3) is 0 Å². The quantitative estimate of drug-likeness (QED) is 0.473. The molecule has 0 aliphatic heterocycles. The zero-order valence-corrected chi connectivity index (χ0v) is 17.0. The van der Waals surface area contributed by atoms with Gasteiger partial charge in [-0.2, -0.15) is 0 Å². The minimum Gasteiger partial charge on any atom is -0.480 e. The normalized spacial score (nSPS) is 13.4. The van der Waals surface area contributed by atoms with Crippen LogP contribution in [0.2, 0.25) is 0 Å². The molecule has 1 atom stereocenters. The molecule has 2 N–H and O–H groups in total. The number of hydrogen-bond acceptors (Lipinski definition) is 5. The van der Waals surface area contributed by atoms with E-state index in [1.165, 1.54) is 0 Å². The fourth-order valence-electron chi connectivity index (χ4n) is 4.16. The molecular formula is C25H20N2O5. The third-order valence-electron chi connectivity index (χ3n) is 5.65. The fraction of sp³-hybridized carbons (Fsp3) is 0.160. The van der Waals surface area contributed by atoms with Gasteiger partial charge in [0.05, 0.1) is 6.42 Å². The number of carbonyl (C=O) groups is 2. The smallest absolute Gasteiger partial charge is 0.407 e. The molecule has 0 fully saturated rings. The van der Waals surface area contributed by atoms with Gasteiger partial charge in [0, 0.05) is 5.92 Å². The lowest BCUT2D eigenvalue weighted by atomic mass is 9.98. The van der Waals surface area contributed by atoms with E-state index in [0.29, 0.717) is 11.1 Å². The Hall–Kier alpha value is -4.13. The predicted molar refractivity (Wildman–Crippen MR) is 117 cm³/mol. The lowest BCUT2D eigenvalue weighted by molar-refractivity contribution is -0.139. The highest BCUT2D eigenvalue weighted by Gasteiger charge is 2.30. The number of hydrogen-bond donors (Lipinski definition) is 2. The van der Waals surface area contributed by atoms with Gasteiger partial charge in [-0.3, -0.25) is 0 Å². The number of carbonyl (C=O) groups excluding carboxylic acids is 1. The summed E-state index contributed by atoms with van der Waals surface area (Å²) in [5, 5.41) is 12.0. The van der Waals surface area contributed by atoms with Gasteiger partial charge in [-0.05, 0) is 34.4 Å². The van der Waals surface area contributed by atoms with Crippen LogP contribution in [0.25, 0.3) is 22.2 Å². The second kappa shape index (κ2) is 8.19. The Morgan fingerprint density at radius 3 is 2.25 bits per heavy atom. The third-order valence-corrected chi connectivity index (χ3v) is 5.65. The van der Waals surface area contributed by atoms with Crippen LogP contribution in [0.3, 0.4) is 0 Å². The number of aromatic nitrogens is 1. The fourth-order valence-corrected chi connectivity index (χ4v) is 4.16. The molecule has 7 heteroatoms. The van der Waals surface area contributed by atoms with Gasteiger partial charge in [-0.1, -0.05) is 60.7 Å². The zero-order valence-electron chi connectivity index (χ0n) is 17.0. The van der Waals surface area contributed by atoms with Crippen LogP contribution in [0.5, 0.6) is 0 Å². The van der Waals surface area contributed by atoms with Gasteiger partial charge in [-0.15, -0.1) is 0 Å². The van der Waals surface area contributed by atoms with Crippen molar-refractivity contribution in [1.82, 2.24) is 10.3 Å². The molecule has 1 aliphatic carbocycles. The highest BCUT2D eigenvalue weighted by Crippen LogP contribution is 2.44. The number of carboxylic acid groups (broad SMARTS) is 1. The summed E-state index contributed by atoms with van der Waals surface area (Å²) < 4.78 is 11.0. The molecule has 1 aliphatic rings. The van der Waals surface area contributed by atoms with Crippen molar-refractivity contribution in [3.05, 3.63) is 89.8 Å². The van der Waals surface area contributed by atoms with Gasteiger partial charge in [0.1, 0.15) is 18.2 Å². The maximum Gasteiger partial charge on any atom is 0.407 e. The molecule has 160 valence electrons. The molecule has 0 bridgehead atoms. The zero-order chi connectivity index (χ0) is 22.1. The van der Waals surface area contributed by atoms with Crippen LogP contribution < -0.4 is 5.32 Å². The first-order chi connectivity index (χ1) is 15.6. The number of alkyl carbamates (subject to hydrolysis) is 1. The average molecular weight is 428 g/mol. The third kappa shape index (κ3) is 3.69. The topological polar surface area (TPSA) is 102 Å². The number of rotatable bonds is 6. The maximum atomic E-state index is 12.5. The van der Waals surface area contributed by atoms with Crippen molar-refractivity contribution >= 4 is 23.2 Å². The highest BCUT2D eigenvalue weighted by atomic mass is 16.5. The molecule has 32 heavy (non-hydrogen) atoms. The largest absolute Gasteiger partial charge is 0.480 e. The van der Waals surface area contributed by atoms with E-state index in [0.717, 1.165) is 22.3 Å². The molecule has 3 aromatic carbocycles. The van der Waals surface area contributed by atoms with Gasteiger partial charge in [0.2, 0.25) is 0 Å². The number of nitrogens with zero attached hydrogens (tertiary/aromatic N) is 1. The molecule has 4 aromatic rings. The van der Waals surface area contributed by atoms with Crippen molar-refractivity contribution in [3.63, 3.8) is 0 Å². The van der Waals surface area contributed by atoms with Crippen LogP contribution in [-0.4, -0.2) is 34.8 Å². The number of benzene rings is 3. The molecule has 1 unspecified atom stereocenters. The highest BCUT2D eigenvalue weighted by molar-refractivity contribution is 5.81. The second-order valence-corrected chi connectivity index (χ2v) is 7.64. The second-order valence-electron chi connectivity index (χ2n) is 7.64. The van der Waals surface area contributed by atoms with Gasteiger partial charge in [0.15, 0.2) is 11.5 Å². The molecule has 0 spiro atoms. The molecule has 0 radical (unpaired) electrons. The van der Waals surface area contributed by atoms with Gasteiger partial charge >= 0.3 is 12.1 Å². The number of carboxylic acids is 1. The molecule has 0 saturated carbocycles. The van der Waals surface area contributed by atoms with Crippen molar-refractivity contribution in [2.45, 2.75) is 18.4 Å². The summed E-state index contributed by atoms with van der Waals surface area (Å²) in [6, 6.07) is 21.9. The van der Waals surface area contributed by atoms with E-state index >= 15 is 0 Å². The average Bonchev–Trinajstić information content (AvgIpc) is 3.35. The van der Waals surface area contributed by atoms with Crippen molar-refractivity contribution in [2.24, 2.45) is 0 Å². The molecule has 1 aromatic heterocycles. The molecule has 1 amide bonds.